The van der Waals surface area contributed by atoms with Crippen molar-refractivity contribution in [2.75, 3.05) is 6.54 Å². The second-order valence-corrected chi connectivity index (χ2v) is 4.66. The van der Waals surface area contributed by atoms with Gasteiger partial charge in [-0.15, -0.1) is 0 Å². The summed E-state index contributed by atoms with van der Waals surface area (Å²) in [7, 11) is 0. The Morgan fingerprint density at radius 1 is 1.12 bits per heavy atom. The Morgan fingerprint density at radius 3 is 2.50 bits per heavy atom. The van der Waals surface area contributed by atoms with Crippen LogP contribution in [-0.4, -0.2) is 6.54 Å². The molecule has 0 aliphatic carbocycles. The van der Waals surface area contributed by atoms with E-state index in [1.54, 1.807) is 0 Å². The molecule has 0 saturated carbocycles. The third-order valence-corrected chi connectivity index (χ3v) is 3.03. The molecular formula is C15H25N. The van der Waals surface area contributed by atoms with E-state index >= 15 is 0 Å². The minimum absolute atomic E-state index is 0.532. The Balaban J connectivity index is 2.85. The van der Waals surface area contributed by atoms with Gasteiger partial charge in [-0.05, 0) is 44.4 Å². The van der Waals surface area contributed by atoms with Crippen LogP contribution < -0.4 is 5.32 Å². The lowest BCUT2D eigenvalue weighted by Crippen LogP contribution is -2.22. The van der Waals surface area contributed by atoms with Crippen molar-refractivity contribution in [1.29, 1.82) is 0 Å². The van der Waals surface area contributed by atoms with Crippen molar-refractivity contribution in [2.45, 2.75) is 53.0 Å². The van der Waals surface area contributed by atoms with Gasteiger partial charge in [-0.3, -0.25) is 0 Å². The highest BCUT2D eigenvalue weighted by atomic mass is 14.9. The Morgan fingerprint density at radius 2 is 1.88 bits per heavy atom. The fraction of sp³-hybridized carbons (Fsp3) is 0.600. The minimum Gasteiger partial charge on any atom is -0.310 e. The van der Waals surface area contributed by atoms with Crippen LogP contribution in [0.2, 0.25) is 0 Å². The van der Waals surface area contributed by atoms with E-state index in [0.29, 0.717) is 6.04 Å². The topological polar surface area (TPSA) is 12.0 Å². The van der Waals surface area contributed by atoms with E-state index in [9.17, 15) is 0 Å². The number of hydrogen-bond acceptors (Lipinski definition) is 1. The normalized spacial score (nSPS) is 12.8. The summed E-state index contributed by atoms with van der Waals surface area (Å²) < 4.78 is 0. The summed E-state index contributed by atoms with van der Waals surface area (Å²) >= 11 is 0. The van der Waals surface area contributed by atoms with Crippen molar-refractivity contribution < 1.29 is 0 Å². The molecule has 1 atom stereocenters. The molecular weight excluding hydrogens is 194 g/mol. The van der Waals surface area contributed by atoms with Gasteiger partial charge in [0.05, 0.1) is 0 Å². The summed E-state index contributed by atoms with van der Waals surface area (Å²) in [5.74, 6) is 0. The molecule has 1 N–H and O–H groups in total. The highest BCUT2D eigenvalue weighted by Crippen LogP contribution is 2.23. The van der Waals surface area contributed by atoms with Crippen molar-refractivity contribution in [3.8, 4) is 0 Å². The van der Waals surface area contributed by atoms with Gasteiger partial charge in [0.1, 0.15) is 0 Å². The molecule has 90 valence electrons. The lowest BCUT2D eigenvalue weighted by molar-refractivity contribution is 0.492. The third kappa shape index (κ3) is 3.64. The molecule has 1 nitrogen and oxygen atoms in total. The van der Waals surface area contributed by atoms with E-state index in [2.05, 4.69) is 51.2 Å². The number of nitrogens with one attached hydrogen (secondary N) is 1. The molecule has 0 heterocycles. The molecule has 1 unspecified atom stereocenters. The van der Waals surface area contributed by atoms with Crippen LogP contribution in [0, 0.1) is 13.8 Å². The summed E-state index contributed by atoms with van der Waals surface area (Å²) in [5, 5.41) is 3.65. The average Bonchev–Trinajstić information content (AvgIpc) is 2.28. The first kappa shape index (κ1) is 13.2. The smallest absolute Gasteiger partial charge is 0.0322 e. The molecule has 0 fully saturated rings. The third-order valence-electron chi connectivity index (χ3n) is 3.03. The molecule has 0 spiro atoms. The van der Waals surface area contributed by atoms with Crippen LogP contribution in [0.3, 0.4) is 0 Å². The molecule has 0 amide bonds. The maximum atomic E-state index is 3.65. The second kappa shape index (κ2) is 6.70. The quantitative estimate of drug-likeness (QED) is 0.758. The van der Waals surface area contributed by atoms with E-state index in [1.165, 1.54) is 36.0 Å². The van der Waals surface area contributed by atoms with Crippen LogP contribution in [0.25, 0.3) is 0 Å². The second-order valence-electron chi connectivity index (χ2n) is 4.66. The SMILES string of the molecule is CCCNC(CCC)c1cc(C)ccc1C. The zero-order valence-corrected chi connectivity index (χ0v) is 11.1. The molecule has 0 aromatic heterocycles. The van der Waals surface area contributed by atoms with E-state index in [1.807, 2.05) is 0 Å². The number of hydrogen-bond donors (Lipinski definition) is 1. The highest BCUT2D eigenvalue weighted by molar-refractivity contribution is 5.33. The Kier molecular flexibility index (Phi) is 5.54. The molecule has 0 aliphatic heterocycles. The molecule has 0 saturated heterocycles. The fourth-order valence-electron chi connectivity index (χ4n) is 2.11. The summed E-state index contributed by atoms with van der Waals surface area (Å²) in [6.07, 6.45) is 3.66. The molecule has 0 radical (unpaired) electrons. The van der Waals surface area contributed by atoms with Gasteiger partial charge in [-0.2, -0.15) is 0 Å². The molecule has 1 aromatic carbocycles. The molecule has 0 bridgehead atoms. The summed E-state index contributed by atoms with van der Waals surface area (Å²) in [6.45, 7) is 9.97. The first-order chi connectivity index (χ1) is 7.69. The largest absolute Gasteiger partial charge is 0.310 e. The lowest BCUT2D eigenvalue weighted by atomic mass is 9.96. The Hall–Kier alpha value is -0.820. The van der Waals surface area contributed by atoms with Gasteiger partial charge >= 0.3 is 0 Å². The summed E-state index contributed by atoms with van der Waals surface area (Å²) in [6, 6.07) is 7.30. The Labute approximate surface area is 100 Å². The van der Waals surface area contributed by atoms with Crippen molar-refractivity contribution in [3.05, 3.63) is 34.9 Å². The highest BCUT2D eigenvalue weighted by Gasteiger charge is 2.11. The zero-order chi connectivity index (χ0) is 12.0. The first-order valence-electron chi connectivity index (χ1n) is 6.49. The van der Waals surface area contributed by atoms with Gasteiger partial charge in [0.25, 0.3) is 0 Å². The fourth-order valence-corrected chi connectivity index (χ4v) is 2.11. The predicted octanol–water partition coefficient (Wildman–Crippen LogP) is 4.14. The van der Waals surface area contributed by atoms with E-state index in [-0.39, 0.29) is 0 Å². The van der Waals surface area contributed by atoms with Gasteiger partial charge in [0, 0.05) is 6.04 Å². The Bertz CT molecular complexity index is 317. The number of rotatable bonds is 6. The summed E-state index contributed by atoms with van der Waals surface area (Å²) in [4.78, 5) is 0. The van der Waals surface area contributed by atoms with Crippen molar-refractivity contribution in [2.24, 2.45) is 0 Å². The predicted molar refractivity (Wildman–Crippen MR) is 71.9 cm³/mol. The van der Waals surface area contributed by atoms with Crippen LogP contribution in [0.5, 0.6) is 0 Å². The average molecular weight is 219 g/mol. The maximum absolute atomic E-state index is 3.65. The monoisotopic (exact) mass is 219 g/mol. The molecule has 1 heteroatoms. The standard InChI is InChI=1S/C15H25N/c1-5-7-15(16-10-6-2)14-11-12(3)8-9-13(14)4/h8-9,11,15-16H,5-7,10H2,1-4H3. The van der Waals surface area contributed by atoms with E-state index < -0.39 is 0 Å². The molecule has 16 heavy (non-hydrogen) atoms. The van der Waals surface area contributed by atoms with Crippen LogP contribution in [-0.2, 0) is 0 Å². The van der Waals surface area contributed by atoms with Crippen LogP contribution in [0.15, 0.2) is 18.2 Å². The number of benzene rings is 1. The van der Waals surface area contributed by atoms with Crippen LogP contribution >= 0.6 is 0 Å². The molecule has 0 aliphatic rings. The zero-order valence-electron chi connectivity index (χ0n) is 11.1. The van der Waals surface area contributed by atoms with E-state index in [0.717, 1.165) is 6.54 Å². The lowest BCUT2D eigenvalue weighted by Gasteiger charge is -2.21. The van der Waals surface area contributed by atoms with Crippen molar-refractivity contribution in [1.82, 2.24) is 5.32 Å². The maximum Gasteiger partial charge on any atom is 0.0322 e. The van der Waals surface area contributed by atoms with Crippen molar-refractivity contribution >= 4 is 0 Å². The van der Waals surface area contributed by atoms with Gasteiger partial charge in [-0.1, -0.05) is 44.0 Å². The van der Waals surface area contributed by atoms with Gasteiger partial charge in [0.2, 0.25) is 0 Å². The van der Waals surface area contributed by atoms with Crippen LogP contribution in [0.4, 0.5) is 0 Å². The van der Waals surface area contributed by atoms with E-state index in [4.69, 9.17) is 0 Å². The first-order valence-corrected chi connectivity index (χ1v) is 6.49. The number of aryl methyl sites for hydroxylation is 2. The minimum atomic E-state index is 0.532. The summed E-state index contributed by atoms with van der Waals surface area (Å²) in [5.41, 5.74) is 4.25. The van der Waals surface area contributed by atoms with Crippen LogP contribution in [0.1, 0.15) is 55.8 Å². The molecule has 1 aromatic rings. The van der Waals surface area contributed by atoms with Crippen molar-refractivity contribution in [3.63, 3.8) is 0 Å². The van der Waals surface area contributed by atoms with Gasteiger partial charge in [-0.25, -0.2) is 0 Å². The van der Waals surface area contributed by atoms with Gasteiger partial charge < -0.3 is 5.32 Å². The van der Waals surface area contributed by atoms with Gasteiger partial charge in [0.15, 0.2) is 0 Å². The molecule has 1 rings (SSSR count).